The lowest BCUT2D eigenvalue weighted by Gasteiger charge is -1.94. The molecule has 0 spiro atoms. The van der Waals surface area contributed by atoms with Crippen molar-refractivity contribution in [3.05, 3.63) is 29.2 Å². The highest BCUT2D eigenvalue weighted by Gasteiger charge is 2.10. The SMILES string of the molecule is CC.Cc1ccc2onc(C)c2c1F. The lowest BCUT2D eigenvalue weighted by atomic mass is 10.1. The molecule has 0 radical (unpaired) electrons. The van der Waals surface area contributed by atoms with Gasteiger partial charge in [0.2, 0.25) is 0 Å². The van der Waals surface area contributed by atoms with E-state index in [0.29, 0.717) is 22.2 Å². The molecule has 0 aliphatic rings. The van der Waals surface area contributed by atoms with E-state index in [2.05, 4.69) is 5.16 Å². The van der Waals surface area contributed by atoms with Crippen LogP contribution >= 0.6 is 0 Å². The average molecular weight is 195 g/mol. The zero-order chi connectivity index (χ0) is 10.7. The van der Waals surface area contributed by atoms with Crippen LogP contribution in [0.5, 0.6) is 0 Å². The molecule has 3 heteroatoms. The number of rotatable bonds is 0. The number of benzene rings is 1. The summed E-state index contributed by atoms with van der Waals surface area (Å²) in [5.41, 5.74) is 1.73. The van der Waals surface area contributed by atoms with E-state index < -0.39 is 0 Å². The van der Waals surface area contributed by atoms with E-state index in [9.17, 15) is 4.39 Å². The Balaban J connectivity index is 0.000000461. The first-order chi connectivity index (χ1) is 6.70. The second kappa shape index (κ2) is 4.22. The number of halogens is 1. The number of aryl methyl sites for hydroxylation is 2. The van der Waals surface area contributed by atoms with Crippen molar-refractivity contribution in [2.75, 3.05) is 0 Å². The van der Waals surface area contributed by atoms with Gasteiger partial charge in [0.25, 0.3) is 0 Å². The van der Waals surface area contributed by atoms with E-state index in [1.807, 2.05) is 13.8 Å². The number of nitrogens with zero attached hydrogens (tertiary/aromatic N) is 1. The predicted molar refractivity (Wildman–Crippen MR) is 54.8 cm³/mol. The van der Waals surface area contributed by atoms with Gasteiger partial charge in [-0.2, -0.15) is 0 Å². The minimum Gasteiger partial charge on any atom is -0.356 e. The largest absolute Gasteiger partial charge is 0.356 e. The lowest BCUT2D eigenvalue weighted by Crippen LogP contribution is -1.83. The van der Waals surface area contributed by atoms with Gasteiger partial charge < -0.3 is 4.52 Å². The molecule has 2 rings (SSSR count). The van der Waals surface area contributed by atoms with E-state index in [4.69, 9.17) is 4.52 Å². The molecule has 0 unspecified atom stereocenters. The summed E-state index contributed by atoms with van der Waals surface area (Å²) in [5.74, 6) is -0.230. The van der Waals surface area contributed by atoms with Crippen molar-refractivity contribution >= 4 is 11.0 Å². The highest BCUT2D eigenvalue weighted by atomic mass is 19.1. The van der Waals surface area contributed by atoms with Gasteiger partial charge in [0.1, 0.15) is 5.82 Å². The quantitative estimate of drug-likeness (QED) is 0.641. The maximum absolute atomic E-state index is 13.4. The third kappa shape index (κ3) is 1.62. The van der Waals surface area contributed by atoms with Crippen molar-refractivity contribution < 1.29 is 8.91 Å². The molecule has 0 bridgehead atoms. The van der Waals surface area contributed by atoms with Crippen LogP contribution in [0.15, 0.2) is 16.7 Å². The van der Waals surface area contributed by atoms with Crippen LogP contribution in [0.1, 0.15) is 25.1 Å². The monoisotopic (exact) mass is 195 g/mol. The molecule has 0 aliphatic heterocycles. The summed E-state index contributed by atoms with van der Waals surface area (Å²) in [4.78, 5) is 0. The Morgan fingerprint density at radius 2 is 1.86 bits per heavy atom. The number of fused-ring (bicyclic) bond motifs is 1. The maximum Gasteiger partial charge on any atom is 0.170 e. The first kappa shape index (κ1) is 10.7. The first-order valence-electron chi connectivity index (χ1n) is 4.71. The second-order valence-electron chi connectivity index (χ2n) is 2.84. The molecule has 0 fully saturated rings. The van der Waals surface area contributed by atoms with Crippen molar-refractivity contribution in [3.8, 4) is 0 Å². The maximum atomic E-state index is 13.4. The molecule has 2 nitrogen and oxygen atoms in total. The molecule has 0 saturated heterocycles. The van der Waals surface area contributed by atoms with Crippen molar-refractivity contribution in [1.82, 2.24) is 5.16 Å². The number of aromatic nitrogens is 1. The molecule has 0 aliphatic carbocycles. The zero-order valence-corrected chi connectivity index (χ0v) is 8.89. The Bertz CT molecular complexity index is 434. The second-order valence-corrected chi connectivity index (χ2v) is 2.84. The van der Waals surface area contributed by atoms with E-state index in [0.717, 1.165) is 0 Å². The van der Waals surface area contributed by atoms with Crippen LogP contribution in [-0.2, 0) is 0 Å². The van der Waals surface area contributed by atoms with Gasteiger partial charge in [0.05, 0.1) is 11.1 Å². The summed E-state index contributed by atoms with van der Waals surface area (Å²) in [6.45, 7) is 7.45. The Kier molecular flexibility index (Phi) is 3.23. The van der Waals surface area contributed by atoms with Gasteiger partial charge >= 0.3 is 0 Å². The lowest BCUT2D eigenvalue weighted by molar-refractivity contribution is 0.450. The van der Waals surface area contributed by atoms with Crippen molar-refractivity contribution in [2.24, 2.45) is 0 Å². The van der Waals surface area contributed by atoms with E-state index >= 15 is 0 Å². The smallest absolute Gasteiger partial charge is 0.170 e. The Morgan fingerprint density at radius 1 is 1.21 bits per heavy atom. The van der Waals surface area contributed by atoms with E-state index in [1.165, 1.54) is 0 Å². The molecular weight excluding hydrogens is 181 g/mol. The molecule has 0 amide bonds. The Labute approximate surface area is 82.7 Å². The molecule has 0 atom stereocenters. The van der Waals surface area contributed by atoms with Gasteiger partial charge in [-0.1, -0.05) is 25.1 Å². The van der Waals surface area contributed by atoms with Gasteiger partial charge in [0, 0.05) is 0 Å². The van der Waals surface area contributed by atoms with Crippen LogP contribution in [0.4, 0.5) is 4.39 Å². The summed E-state index contributed by atoms with van der Waals surface area (Å²) < 4.78 is 18.3. The third-order valence-corrected chi connectivity index (χ3v) is 1.94. The summed E-state index contributed by atoms with van der Waals surface area (Å²) in [5, 5.41) is 4.18. The topological polar surface area (TPSA) is 26.0 Å². The van der Waals surface area contributed by atoms with Crippen molar-refractivity contribution in [2.45, 2.75) is 27.7 Å². The molecular formula is C11H14FNO. The third-order valence-electron chi connectivity index (χ3n) is 1.94. The molecule has 0 N–H and O–H groups in total. The fourth-order valence-corrected chi connectivity index (χ4v) is 1.24. The zero-order valence-electron chi connectivity index (χ0n) is 8.89. The number of hydrogen-bond donors (Lipinski definition) is 0. The minimum atomic E-state index is -0.230. The Hall–Kier alpha value is -1.38. The van der Waals surface area contributed by atoms with Gasteiger partial charge in [0.15, 0.2) is 5.58 Å². The number of hydrogen-bond acceptors (Lipinski definition) is 2. The van der Waals surface area contributed by atoms with E-state index in [-0.39, 0.29) is 5.82 Å². The normalized spacial score (nSPS) is 9.79. The summed E-state index contributed by atoms with van der Waals surface area (Å²) in [7, 11) is 0. The highest BCUT2D eigenvalue weighted by Crippen LogP contribution is 2.23. The fraction of sp³-hybridized carbons (Fsp3) is 0.364. The van der Waals surface area contributed by atoms with Crippen LogP contribution in [0, 0.1) is 19.7 Å². The van der Waals surface area contributed by atoms with Gasteiger partial charge in [-0.25, -0.2) is 4.39 Å². The van der Waals surface area contributed by atoms with Gasteiger partial charge in [-0.15, -0.1) is 0 Å². The fourth-order valence-electron chi connectivity index (χ4n) is 1.24. The molecule has 2 aromatic rings. The van der Waals surface area contributed by atoms with Gasteiger partial charge in [-0.05, 0) is 25.5 Å². The molecule has 76 valence electrons. The summed E-state index contributed by atoms with van der Waals surface area (Å²) in [6.07, 6.45) is 0. The standard InChI is InChI=1S/C9H8FNO.C2H6/c1-5-3-4-7-8(9(5)10)6(2)11-12-7;1-2/h3-4H,1-2H3;1-2H3. The predicted octanol–water partition coefficient (Wildman–Crippen LogP) is 3.61. The van der Waals surface area contributed by atoms with Crippen LogP contribution in [0.3, 0.4) is 0 Å². The van der Waals surface area contributed by atoms with Gasteiger partial charge in [-0.3, -0.25) is 0 Å². The molecule has 14 heavy (non-hydrogen) atoms. The van der Waals surface area contributed by atoms with E-state index in [1.54, 1.807) is 26.0 Å². The van der Waals surface area contributed by atoms with Crippen LogP contribution in [-0.4, -0.2) is 5.16 Å². The highest BCUT2D eigenvalue weighted by molar-refractivity contribution is 5.80. The summed E-state index contributed by atoms with van der Waals surface area (Å²) in [6, 6.07) is 3.41. The molecule has 1 aromatic carbocycles. The van der Waals surface area contributed by atoms with Crippen molar-refractivity contribution in [1.29, 1.82) is 0 Å². The average Bonchev–Trinajstić information content (AvgIpc) is 2.58. The minimum absolute atomic E-state index is 0.230. The Morgan fingerprint density at radius 3 is 2.50 bits per heavy atom. The molecule has 1 heterocycles. The van der Waals surface area contributed by atoms with Crippen LogP contribution in [0.25, 0.3) is 11.0 Å². The molecule has 0 saturated carbocycles. The van der Waals surface area contributed by atoms with Crippen molar-refractivity contribution in [3.63, 3.8) is 0 Å². The van der Waals surface area contributed by atoms with Crippen LogP contribution in [0.2, 0.25) is 0 Å². The molecule has 1 aromatic heterocycles. The summed E-state index contributed by atoms with van der Waals surface area (Å²) >= 11 is 0. The van der Waals surface area contributed by atoms with Crippen LogP contribution < -0.4 is 0 Å². The first-order valence-corrected chi connectivity index (χ1v) is 4.71.